The van der Waals surface area contributed by atoms with E-state index in [2.05, 4.69) is 5.32 Å². The standard InChI is InChI=1S/C35H37Cl2N3O4S/c1-4-28-15-11-12-18-32(28)40(45(43,44)29-16-9-6-10-17-29)24-34(41)39(23-27-19-20-30(36)31(37)21-27)33(35(42)38-25(2)3)22-26-13-7-5-8-14-26/h5-21,25,33H,4,22-24H2,1-3H3,(H,38,42)/t33-/m0/s1. The van der Waals surface area contributed by atoms with Crippen molar-refractivity contribution >= 4 is 50.7 Å². The van der Waals surface area contributed by atoms with E-state index < -0.39 is 28.5 Å². The summed E-state index contributed by atoms with van der Waals surface area (Å²) < 4.78 is 29.5. The number of carbonyl (C=O) groups is 2. The number of benzene rings is 4. The van der Waals surface area contributed by atoms with Crippen molar-refractivity contribution in [3.8, 4) is 0 Å². The third-order valence-electron chi connectivity index (χ3n) is 7.29. The van der Waals surface area contributed by atoms with Gasteiger partial charge in [0.05, 0.1) is 20.6 Å². The van der Waals surface area contributed by atoms with Gasteiger partial charge in [-0.05, 0) is 67.3 Å². The molecule has 0 saturated heterocycles. The van der Waals surface area contributed by atoms with Gasteiger partial charge in [0.25, 0.3) is 10.0 Å². The van der Waals surface area contributed by atoms with Crippen LogP contribution >= 0.6 is 23.2 Å². The molecular weight excluding hydrogens is 629 g/mol. The van der Waals surface area contributed by atoms with Crippen LogP contribution in [-0.4, -0.2) is 43.8 Å². The van der Waals surface area contributed by atoms with Crippen LogP contribution in [0.1, 0.15) is 37.5 Å². The smallest absolute Gasteiger partial charge is 0.264 e. The minimum Gasteiger partial charge on any atom is -0.352 e. The molecule has 0 saturated carbocycles. The molecule has 4 aromatic carbocycles. The molecule has 0 radical (unpaired) electrons. The highest BCUT2D eigenvalue weighted by molar-refractivity contribution is 7.92. The van der Waals surface area contributed by atoms with Crippen molar-refractivity contribution in [3.63, 3.8) is 0 Å². The van der Waals surface area contributed by atoms with Crippen LogP contribution in [-0.2, 0) is 39.0 Å². The molecule has 2 amide bonds. The highest BCUT2D eigenvalue weighted by Gasteiger charge is 2.35. The number of rotatable bonds is 13. The van der Waals surface area contributed by atoms with Crippen LogP contribution in [0.4, 0.5) is 5.69 Å². The number of carbonyl (C=O) groups excluding carboxylic acids is 2. The van der Waals surface area contributed by atoms with E-state index in [1.807, 2.05) is 63.2 Å². The molecule has 0 aliphatic rings. The molecule has 0 aliphatic carbocycles. The summed E-state index contributed by atoms with van der Waals surface area (Å²) >= 11 is 12.5. The fourth-order valence-electron chi connectivity index (χ4n) is 5.06. The van der Waals surface area contributed by atoms with E-state index in [1.165, 1.54) is 17.0 Å². The Hall–Kier alpha value is -3.85. The molecule has 4 rings (SSSR count). The third-order valence-corrected chi connectivity index (χ3v) is 9.80. The largest absolute Gasteiger partial charge is 0.352 e. The Labute approximate surface area is 275 Å². The summed E-state index contributed by atoms with van der Waals surface area (Å²) in [5.41, 5.74) is 2.65. The lowest BCUT2D eigenvalue weighted by Gasteiger charge is -2.34. The first-order valence-corrected chi connectivity index (χ1v) is 16.9. The second-order valence-corrected chi connectivity index (χ2v) is 13.6. The molecule has 1 atom stereocenters. The van der Waals surface area contributed by atoms with E-state index in [4.69, 9.17) is 23.2 Å². The number of hydrogen-bond donors (Lipinski definition) is 1. The first kappa shape index (κ1) is 34.0. The van der Waals surface area contributed by atoms with Crippen LogP contribution in [0.5, 0.6) is 0 Å². The molecule has 0 aliphatic heterocycles. The van der Waals surface area contributed by atoms with Crippen molar-refractivity contribution in [1.29, 1.82) is 0 Å². The van der Waals surface area contributed by atoms with Gasteiger partial charge in [-0.1, -0.05) is 103 Å². The van der Waals surface area contributed by atoms with Crippen molar-refractivity contribution in [2.24, 2.45) is 0 Å². The zero-order valence-corrected chi connectivity index (χ0v) is 27.8. The summed E-state index contributed by atoms with van der Waals surface area (Å²) in [5.74, 6) is -0.903. The number of para-hydroxylation sites is 1. The predicted octanol–water partition coefficient (Wildman–Crippen LogP) is 6.92. The fourth-order valence-corrected chi connectivity index (χ4v) is 6.85. The lowest BCUT2D eigenvalue weighted by molar-refractivity contribution is -0.140. The summed E-state index contributed by atoms with van der Waals surface area (Å²) in [4.78, 5) is 29.9. The van der Waals surface area contributed by atoms with Gasteiger partial charge in [0.2, 0.25) is 11.8 Å². The van der Waals surface area contributed by atoms with E-state index in [0.717, 1.165) is 15.4 Å². The van der Waals surface area contributed by atoms with E-state index >= 15 is 0 Å². The molecule has 4 aromatic rings. The SMILES string of the molecule is CCc1ccccc1N(CC(=O)N(Cc1ccc(Cl)c(Cl)c1)[C@@H](Cc1ccccc1)C(=O)NC(C)C)S(=O)(=O)c1ccccc1. The highest BCUT2D eigenvalue weighted by Crippen LogP contribution is 2.29. The molecule has 0 unspecified atom stereocenters. The number of aryl methyl sites for hydroxylation is 1. The molecule has 1 N–H and O–H groups in total. The van der Waals surface area contributed by atoms with Crippen molar-refractivity contribution in [1.82, 2.24) is 10.2 Å². The molecular formula is C35H37Cl2N3O4S. The molecule has 10 heteroatoms. The maximum absolute atomic E-state index is 14.6. The van der Waals surface area contributed by atoms with Crippen LogP contribution in [0.2, 0.25) is 10.0 Å². The number of nitrogens with zero attached hydrogens (tertiary/aromatic N) is 2. The minimum absolute atomic E-state index is 0.00656. The quantitative estimate of drug-likeness (QED) is 0.168. The molecule has 0 aromatic heterocycles. The zero-order valence-electron chi connectivity index (χ0n) is 25.5. The maximum atomic E-state index is 14.6. The zero-order chi connectivity index (χ0) is 32.6. The Kier molecular flexibility index (Phi) is 11.7. The Bertz CT molecular complexity index is 1720. The second kappa shape index (κ2) is 15.4. The van der Waals surface area contributed by atoms with Crippen molar-refractivity contribution < 1.29 is 18.0 Å². The molecule has 0 fully saturated rings. The lowest BCUT2D eigenvalue weighted by Crippen LogP contribution is -2.54. The van der Waals surface area contributed by atoms with Gasteiger partial charge in [-0.15, -0.1) is 0 Å². The van der Waals surface area contributed by atoms with Crippen LogP contribution in [0, 0.1) is 0 Å². The molecule has 0 spiro atoms. The minimum atomic E-state index is -4.18. The number of hydrogen-bond acceptors (Lipinski definition) is 4. The van der Waals surface area contributed by atoms with E-state index in [9.17, 15) is 18.0 Å². The summed E-state index contributed by atoms with van der Waals surface area (Å²) in [5, 5.41) is 3.61. The Morgan fingerprint density at radius 3 is 2.04 bits per heavy atom. The van der Waals surface area contributed by atoms with Crippen LogP contribution in [0.3, 0.4) is 0 Å². The first-order chi connectivity index (χ1) is 21.5. The van der Waals surface area contributed by atoms with E-state index in [-0.39, 0.29) is 29.8 Å². The summed E-state index contributed by atoms with van der Waals surface area (Å²) in [7, 11) is -4.18. The summed E-state index contributed by atoms with van der Waals surface area (Å²) in [6, 6.07) is 28.4. The van der Waals surface area contributed by atoms with Crippen molar-refractivity contribution in [3.05, 3.63) is 130 Å². The second-order valence-electron chi connectivity index (χ2n) is 10.9. The molecule has 7 nitrogen and oxygen atoms in total. The number of sulfonamides is 1. The van der Waals surface area contributed by atoms with E-state index in [0.29, 0.717) is 27.7 Å². The summed E-state index contributed by atoms with van der Waals surface area (Å²) in [6.07, 6.45) is 0.759. The van der Waals surface area contributed by atoms with Crippen molar-refractivity contribution in [2.75, 3.05) is 10.8 Å². The highest BCUT2D eigenvalue weighted by atomic mass is 35.5. The predicted molar refractivity (Wildman–Crippen MR) is 181 cm³/mol. The van der Waals surface area contributed by atoms with Gasteiger partial charge in [-0.3, -0.25) is 13.9 Å². The van der Waals surface area contributed by atoms with Gasteiger partial charge in [0.1, 0.15) is 12.6 Å². The third kappa shape index (κ3) is 8.66. The molecule has 45 heavy (non-hydrogen) atoms. The average molecular weight is 667 g/mol. The number of nitrogens with one attached hydrogen (secondary N) is 1. The topological polar surface area (TPSA) is 86.8 Å². The maximum Gasteiger partial charge on any atom is 0.264 e. The fraction of sp³-hybridized carbons (Fsp3) is 0.257. The Morgan fingerprint density at radius 1 is 0.800 bits per heavy atom. The van der Waals surface area contributed by atoms with Gasteiger partial charge in [0, 0.05) is 19.0 Å². The average Bonchev–Trinajstić information content (AvgIpc) is 3.03. The van der Waals surface area contributed by atoms with Crippen LogP contribution < -0.4 is 9.62 Å². The van der Waals surface area contributed by atoms with Crippen LogP contribution in [0.15, 0.2) is 108 Å². The lowest BCUT2D eigenvalue weighted by atomic mass is 10.0. The van der Waals surface area contributed by atoms with Gasteiger partial charge in [0.15, 0.2) is 0 Å². The summed E-state index contributed by atoms with van der Waals surface area (Å²) in [6.45, 7) is 5.08. The Balaban J connectivity index is 1.84. The number of amides is 2. The first-order valence-electron chi connectivity index (χ1n) is 14.7. The number of anilines is 1. The van der Waals surface area contributed by atoms with Crippen LogP contribution in [0.25, 0.3) is 0 Å². The van der Waals surface area contributed by atoms with E-state index in [1.54, 1.807) is 48.5 Å². The van der Waals surface area contributed by atoms with Gasteiger partial charge >= 0.3 is 0 Å². The molecule has 0 heterocycles. The molecule has 236 valence electrons. The van der Waals surface area contributed by atoms with Gasteiger partial charge in [-0.2, -0.15) is 0 Å². The normalized spacial score (nSPS) is 12.0. The van der Waals surface area contributed by atoms with Gasteiger partial charge in [-0.25, -0.2) is 8.42 Å². The Morgan fingerprint density at radius 2 is 1.42 bits per heavy atom. The monoisotopic (exact) mass is 665 g/mol. The van der Waals surface area contributed by atoms with Crippen molar-refractivity contribution in [2.45, 2.75) is 57.1 Å². The van der Waals surface area contributed by atoms with Gasteiger partial charge < -0.3 is 10.2 Å². The number of halogens is 2. The molecule has 0 bridgehead atoms.